The van der Waals surface area contributed by atoms with Gasteiger partial charge < -0.3 is 5.32 Å². The minimum absolute atomic E-state index is 0.400. The highest BCUT2D eigenvalue weighted by Gasteiger charge is 2.40. The van der Waals surface area contributed by atoms with Gasteiger partial charge in [-0.1, -0.05) is 44.4 Å². The van der Waals surface area contributed by atoms with Crippen molar-refractivity contribution in [3.05, 3.63) is 0 Å². The van der Waals surface area contributed by atoms with Crippen LogP contribution in [0.1, 0.15) is 58.3 Å². The van der Waals surface area contributed by atoms with Gasteiger partial charge in [-0.3, -0.25) is 4.99 Å². The van der Waals surface area contributed by atoms with Crippen molar-refractivity contribution in [1.29, 1.82) is 0 Å². The molecule has 1 N–H and O–H groups in total. The molecule has 0 aromatic rings. The minimum Gasteiger partial charge on any atom is -0.359 e. The van der Waals surface area contributed by atoms with Gasteiger partial charge in [-0.05, 0) is 37.5 Å². The number of thioether (sulfide) groups is 1. The lowest BCUT2D eigenvalue weighted by Crippen LogP contribution is -2.47. The van der Waals surface area contributed by atoms with Gasteiger partial charge >= 0.3 is 0 Å². The highest BCUT2D eigenvalue weighted by Crippen LogP contribution is 2.38. The number of rotatable bonds is 4. The number of nitrogens with zero attached hydrogens (tertiary/aromatic N) is 1. The molecular formula is C15H26N2S. The zero-order valence-corrected chi connectivity index (χ0v) is 12.4. The minimum atomic E-state index is 0.400. The molecule has 2 nitrogen and oxygen atoms in total. The molecule has 3 fully saturated rings. The fourth-order valence-corrected chi connectivity index (χ4v) is 4.68. The van der Waals surface area contributed by atoms with Gasteiger partial charge in [0.05, 0.1) is 0 Å². The van der Waals surface area contributed by atoms with E-state index in [9.17, 15) is 0 Å². The Hall–Kier alpha value is -0.180. The largest absolute Gasteiger partial charge is 0.359 e. The van der Waals surface area contributed by atoms with Gasteiger partial charge in [0.25, 0.3) is 0 Å². The van der Waals surface area contributed by atoms with Crippen molar-refractivity contribution >= 4 is 16.9 Å². The van der Waals surface area contributed by atoms with Crippen molar-refractivity contribution in [2.45, 2.75) is 63.8 Å². The first-order valence-electron chi connectivity index (χ1n) is 7.71. The van der Waals surface area contributed by atoms with Gasteiger partial charge in [-0.15, -0.1) is 0 Å². The summed E-state index contributed by atoms with van der Waals surface area (Å²) in [7, 11) is 0. The Balaban J connectivity index is 1.45. The Morgan fingerprint density at radius 3 is 3.06 bits per heavy atom. The van der Waals surface area contributed by atoms with Crippen molar-refractivity contribution in [3.8, 4) is 0 Å². The molecule has 3 aliphatic rings. The Morgan fingerprint density at radius 1 is 1.39 bits per heavy atom. The molecule has 3 rings (SSSR count). The van der Waals surface area contributed by atoms with Crippen molar-refractivity contribution in [3.63, 3.8) is 0 Å². The number of aliphatic imine (C=N–C) groups is 1. The van der Waals surface area contributed by atoms with Crippen LogP contribution in [0.5, 0.6) is 0 Å². The predicted octanol–water partition coefficient (Wildman–Crippen LogP) is 3.82. The van der Waals surface area contributed by atoms with Crippen LogP contribution in [-0.4, -0.2) is 23.0 Å². The first kappa shape index (κ1) is 12.8. The van der Waals surface area contributed by atoms with Crippen LogP contribution in [0.4, 0.5) is 0 Å². The van der Waals surface area contributed by atoms with E-state index in [1.54, 1.807) is 0 Å². The number of hydrogen-bond donors (Lipinski definition) is 1. The van der Waals surface area contributed by atoms with E-state index >= 15 is 0 Å². The van der Waals surface area contributed by atoms with Crippen LogP contribution in [-0.2, 0) is 0 Å². The average molecular weight is 266 g/mol. The molecule has 2 saturated carbocycles. The van der Waals surface area contributed by atoms with Crippen LogP contribution in [0.25, 0.3) is 0 Å². The van der Waals surface area contributed by atoms with Crippen LogP contribution in [0.3, 0.4) is 0 Å². The first-order valence-corrected chi connectivity index (χ1v) is 8.70. The van der Waals surface area contributed by atoms with Crippen molar-refractivity contribution < 1.29 is 0 Å². The number of amidine groups is 1. The molecule has 102 valence electrons. The predicted molar refractivity (Wildman–Crippen MR) is 80.2 cm³/mol. The Bertz CT molecular complexity index is 324. The third-order valence-electron chi connectivity index (χ3n) is 4.67. The highest BCUT2D eigenvalue weighted by molar-refractivity contribution is 8.14. The van der Waals surface area contributed by atoms with Gasteiger partial charge in [0.15, 0.2) is 5.17 Å². The smallest absolute Gasteiger partial charge is 0.157 e. The van der Waals surface area contributed by atoms with Crippen LogP contribution >= 0.6 is 11.8 Å². The van der Waals surface area contributed by atoms with E-state index in [4.69, 9.17) is 4.99 Å². The van der Waals surface area contributed by atoms with Crippen molar-refractivity contribution in [2.75, 3.05) is 12.3 Å². The summed E-state index contributed by atoms with van der Waals surface area (Å²) >= 11 is 1.96. The summed E-state index contributed by atoms with van der Waals surface area (Å²) in [6, 6.07) is 0. The maximum atomic E-state index is 4.77. The quantitative estimate of drug-likeness (QED) is 0.782. The lowest BCUT2D eigenvalue weighted by Gasteiger charge is -2.36. The first-order chi connectivity index (χ1) is 8.76. The molecule has 2 aliphatic carbocycles. The van der Waals surface area contributed by atoms with Crippen LogP contribution in [0, 0.1) is 11.8 Å². The molecule has 2 atom stereocenters. The molecule has 1 spiro atoms. The van der Waals surface area contributed by atoms with E-state index in [0.717, 1.165) is 18.4 Å². The maximum Gasteiger partial charge on any atom is 0.157 e. The second-order valence-electron chi connectivity index (χ2n) is 6.67. The molecule has 0 aromatic heterocycles. The van der Waals surface area contributed by atoms with E-state index in [1.807, 2.05) is 11.8 Å². The molecule has 3 heteroatoms. The molecule has 1 saturated heterocycles. The van der Waals surface area contributed by atoms with Gasteiger partial charge in [-0.2, -0.15) is 0 Å². The van der Waals surface area contributed by atoms with E-state index in [-0.39, 0.29) is 0 Å². The summed E-state index contributed by atoms with van der Waals surface area (Å²) in [4.78, 5) is 4.77. The molecule has 1 heterocycles. The second-order valence-corrected chi connectivity index (χ2v) is 7.63. The molecule has 0 amide bonds. The van der Waals surface area contributed by atoms with Crippen LogP contribution < -0.4 is 5.32 Å². The fourth-order valence-electron chi connectivity index (χ4n) is 3.46. The van der Waals surface area contributed by atoms with Gasteiger partial charge in [-0.25, -0.2) is 0 Å². The summed E-state index contributed by atoms with van der Waals surface area (Å²) in [5, 5.41) is 4.99. The normalized spacial score (nSPS) is 38.3. The molecule has 1 aliphatic heterocycles. The molecule has 2 unspecified atom stereocenters. The summed E-state index contributed by atoms with van der Waals surface area (Å²) in [6.45, 7) is 3.44. The Labute approximate surface area is 115 Å². The molecule has 18 heavy (non-hydrogen) atoms. The number of hydrogen-bond acceptors (Lipinski definition) is 2. The average Bonchev–Trinajstić information content (AvgIpc) is 3.09. The molecule has 0 bridgehead atoms. The molecule has 0 aromatic carbocycles. The zero-order chi connectivity index (χ0) is 12.4. The third-order valence-corrected chi connectivity index (χ3v) is 5.87. The van der Waals surface area contributed by atoms with Crippen molar-refractivity contribution in [1.82, 2.24) is 5.32 Å². The lowest BCUT2D eigenvalue weighted by atomic mass is 9.78. The van der Waals surface area contributed by atoms with E-state index in [1.165, 1.54) is 62.3 Å². The lowest BCUT2D eigenvalue weighted by molar-refractivity contribution is 0.242. The summed E-state index contributed by atoms with van der Waals surface area (Å²) in [5.41, 5.74) is 0.400. The highest BCUT2D eigenvalue weighted by atomic mass is 32.2. The summed E-state index contributed by atoms with van der Waals surface area (Å²) in [5.74, 6) is 3.19. The van der Waals surface area contributed by atoms with E-state index < -0.39 is 0 Å². The standard InChI is InChI=1S/C15H26N2S/c1-12-4-2-8-15(10-12)11-18-14(17-15)16-9-3-5-13-6-7-13/h12-13H,2-11H2,1H3,(H,16,17). The zero-order valence-electron chi connectivity index (χ0n) is 11.6. The summed E-state index contributed by atoms with van der Waals surface area (Å²) in [6.07, 6.45) is 11.2. The Kier molecular flexibility index (Phi) is 3.88. The van der Waals surface area contributed by atoms with E-state index in [2.05, 4.69) is 12.2 Å². The summed E-state index contributed by atoms with van der Waals surface area (Å²) < 4.78 is 0. The van der Waals surface area contributed by atoms with Crippen LogP contribution in [0.15, 0.2) is 4.99 Å². The molecular weight excluding hydrogens is 240 g/mol. The monoisotopic (exact) mass is 266 g/mol. The van der Waals surface area contributed by atoms with Gasteiger partial charge in [0.1, 0.15) is 0 Å². The van der Waals surface area contributed by atoms with Crippen molar-refractivity contribution in [2.24, 2.45) is 16.8 Å². The Morgan fingerprint density at radius 2 is 2.28 bits per heavy atom. The second kappa shape index (κ2) is 5.44. The van der Waals surface area contributed by atoms with E-state index in [0.29, 0.717) is 5.54 Å². The topological polar surface area (TPSA) is 24.4 Å². The molecule has 0 radical (unpaired) electrons. The number of nitrogens with one attached hydrogen (secondary N) is 1. The maximum absolute atomic E-state index is 4.77. The van der Waals surface area contributed by atoms with Crippen LogP contribution in [0.2, 0.25) is 0 Å². The fraction of sp³-hybridized carbons (Fsp3) is 0.933. The third kappa shape index (κ3) is 3.23. The van der Waals surface area contributed by atoms with Gasteiger partial charge in [0, 0.05) is 17.8 Å². The SMILES string of the molecule is CC1CCCC2(CSC(=NCCCC3CC3)N2)C1. The van der Waals surface area contributed by atoms with Gasteiger partial charge in [0.2, 0.25) is 0 Å².